The Morgan fingerprint density at radius 1 is 1.13 bits per heavy atom. The Morgan fingerprint density at radius 2 is 2.00 bits per heavy atom. The average molecular weight is 316 g/mol. The zero-order chi connectivity index (χ0) is 15.9. The van der Waals surface area contributed by atoms with Crippen LogP contribution in [0, 0.1) is 5.92 Å². The number of ether oxygens (including phenoxy) is 1. The predicted molar refractivity (Wildman–Crippen MR) is 91.3 cm³/mol. The molecule has 2 heterocycles. The highest BCUT2D eigenvalue weighted by molar-refractivity contribution is 5.79. The SMILES string of the molecule is O=C(C1CCOC1)N1CCCN(CCCc2ccccc2)CC1. The summed E-state index contributed by atoms with van der Waals surface area (Å²) in [7, 11) is 0. The van der Waals surface area contributed by atoms with Crippen molar-refractivity contribution in [3.8, 4) is 0 Å². The summed E-state index contributed by atoms with van der Waals surface area (Å²) in [4.78, 5) is 17.1. The summed E-state index contributed by atoms with van der Waals surface area (Å²) < 4.78 is 5.36. The van der Waals surface area contributed by atoms with Crippen molar-refractivity contribution in [3.05, 3.63) is 35.9 Å². The van der Waals surface area contributed by atoms with Gasteiger partial charge in [0, 0.05) is 26.2 Å². The molecule has 126 valence electrons. The fourth-order valence-corrected chi connectivity index (χ4v) is 3.55. The van der Waals surface area contributed by atoms with E-state index in [0.717, 1.165) is 58.6 Å². The first-order chi connectivity index (χ1) is 11.3. The molecule has 0 saturated carbocycles. The van der Waals surface area contributed by atoms with Gasteiger partial charge in [-0.3, -0.25) is 4.79 Å². The molecule has 1 aromatic rings. The van der Waals surface area contributed by atoms with Crippen LogP contribution in [0.3, 0.4) is 0 Å². The molecule has 0 bridgehead atoms. The molecule has 0 aromatic heterocycles. The van der Waals surface area contributed by atoms with Crippen LogP contribution < -0.4 is 0 Å². The third-order valence-electron chi connectivity index (χ3n) is 4.96. The second kappa shape index (κ2) is 8.46. The maximum atomic E-state index is 12.5. The third-order valence-corrected chi connectivity index (χ3v) is 4.96. The smallest absolute Gasteiger partial charge is 0.228 e. The summed E-state index contributed by atoms with van der Waals surface area (Å²) in [6, 6.07) is 10.7. The van der Waals surface area contributed by atoms with Crippen LogP contribution in [0.2, 0.25) is 0 Å². The highest BCUT2D eigenvalue weighted by Crippen LogP contribution is 2.17. The quantitative estimate of drug-likeness (QED) is 0.835. The highest BCUT2D eigenvalue weighted by atomic mass is 16.5. The molecule has 0 spiro atoms. The van der Waals surface area contributed by atoms with E-state index in [1.54, 1.807) is 0 Å². The number of carbonyl (C=O) groups excluding carboxylic acids is 1. The van der Waals surface area contributed by atoms with Crippen molar-refractivity contribution in [3.63, 3.8) is 0 Å². The van der Waals surface area contributed by atoms with Gasteiger partial charge in [0.2, 0.25) is 5.91 Å². The Labute approximate surface area is 139 Å². The van der Waals surface area contributed by atoms with E-state index < -0.39 is 0 Å². The molecule has 0 aliphatic carbocycles. The highest BCUT2D eigenvalue weighted by Gasteiger charge is 2.28. The number of carbonyl (C=O) groups is 1. The van der Waals surface area contributed by atoms with Gasteiger partial charge in [0.25, 0.3) is 0 Å². The maximum Gasteiger partial charge on any atom is 0.228 e. The number of hydrogen-bond acceptors (Lipinski definition) is 3. The molecule has 1 amide bonds. The van der Waals surface area contributed by atoms with Gasteiger partial charge < -0.3 is 14.5 Å². The molecule has 4 nitrogen and oxygen atoms in total. The molecule has 1 unspecified atom stereocenters. The Hall–Kier alpha value is -1.39. The molecule has 3 rings (SSSR count). The van der Waals surface area contributed by atoms with Crippen molar-refractivity contribution in [1.29, 1.82) is 0 Å². The first-order valence-corrected chi connectivity index (χ1v) is 8.96. The van der Waals surface area contributed by atoms with Gasteiger partial charge in [-0.2, -0.15) is 0 Å². The molecular formula is C19H28N2O2. The number of hydrogen-bond donors (Lipinski definition) is 0. The zero-order valence-electron chi connectivity index (χ0n) is 14.0. The van der Waals surface area contributed by atoms with Crippen molar-refractivity contribution >= 4 is 5.91 Å². The topological polar surface area (TPSA) is 32.8 Å². The van der Waals surface area contributed by atoms with Gasteiger partial charge in [-0.15, -0.1) is 0 Å². The standard InChI is InChI=1S/C19H28N2O2/c22-19(18-9-15-23-16-18)21-12-5-11-20(13-14-21)10-4-8-17-6-2-1-3-7-17/h1-3,6-7,18H,4-5,8-16H2. The van der Waals surface area contributed by atoms with Crippen molar-refractivity contribution in [2.24, 2.45) is 5.92 Å². The first-order valence-electron chi connectivity index (χ1n) is 8.96. The minimum atomic E-state index is 0.111. The van der Waals surface area contributed by atoms with E-state index in [4.69, 9.17) is 4.74 Å². The third kappa shape index (κ3) is 4.79. The number of amides is 1. The molecule has 4 heteroatoms. The summed E-state index contributed by atoms with van der Waals surface area (Å²) in [5.41, 5.74) is 1.42. The maximum absolute atomic E-state index is 12.5. The van der Waals surface area contributed by atoms with Crippen molar-refractivity contribution in [2.45, 2.75) is 25.7 Å². The minimum Gasteiger partial charge on any atom is -0.381 e. The second-order valence-electron chi connectivity index (χ2n) is 6.67. The van der Waals surface area contributed by atoms with E-state index in [2.05, 4.69) is 40.1 Å². The lowest BCUT2D eigenvalue weighted by atomic mass is 10.1. The number of aryl methyl sites for hydroxylation is 1. The normalized spacial score (nSPS) is 23.0. The van der Waals surface area contributed by atoms with Gasteiger partial charge in [0.1, 0.15) is 0 Å². The predicted octanol–water partition coefficient (Wildman–Crippen LogP) is 2.19. The van der Waals surface area contributed by atoms with E-state index in [9.17, 15) is 4.79 Å². The van der Waals surface area contributed by atoms with Gasteiger partial charge >= 0.3 is 0 Å². The number of nitrogens with zero attached hydrogens (tertiary/aromatic N) is 2. The van der Waals surface area contributed by atoms with Crippen LogP contribution in [0.5, 0.6) is 0 Å². The van der Waals surface area contributed by atoms with E-state index >= 15 is 0 Å². The molecule has 0 radical (unpaired) electrons. The minimum absolute atomic E-state index is 0.111. The van der Waals surface area contributed by atoms with Gasteiger partial charge in [-0.1, -0.05) is 30.3 Å². The van der Waals surface area contributed by atoms with Crippen LogP contribution in [0.15, 0.2) is 30.3 Å². The molecule has 2 saturated heterocycles. The summed E-state index contributed by atoms with van der Waals surface area (Å²) in [6.07, 6.45) is 4.31. The molecular weight excluding hydrogens is 288 g/mol. The van der Waals surface area contributed by atoms with E-state index in [1.807, 2.05) is 0 Å². The summed E-state index contributed by atoms with van der Waals surface area (Å²) >= 11 is 0. The van der Waals surface area contributed by atoms with Crippen LogP contribution in [-0.4, -0.2) is 61.6 Å². The Morgan fingerprint density at radius 3 is 2.78 bits per heavy atom. The molecule has 1 aromatic carbocycles. The van der Waals surface area contributed by atoms with Crippen LogP contribution in [0.4, 0.5) is 0 Å². The van der Waals surface area contributed by atoms with E-state index in [0.29, 0.717) is 12.5 Å². The molecule has 2 fully saturated rings. The molecule has 23 heavy (non-hydrogen) atoms. The summed E-state index contributed by atoms with van der Waals surface area (Å²) in [6.45, 7) is 6.40. The molecule has 0 N–H and O–H groups in total. The Balaban J connectivity index is 1.40. The molecule has 2 aliphatic rings. The van der Waals surface area contributed by atoms with Crippen LogP contribution >= 0.6 is 0 Å². The summed E-state index contributed by atoms with van der Waals surface area (Å²) in [5, 5.41) is 0. The molecule has 1 atom stereocenters. The fraction of sp³-hybridized carbons (Fsp3) is 0.632. The van der Waals surface area contributed by atoms with Crippen LogP contribution in [0.1, 0.15) is 24.8 Å². The number of rotatable bonds is 5. The monoisotopic (exact) mass is 316 g/mol. The van der Waals surface area contributed by atoms with Crippen molar-refractivity contribution in [1.82, 2.24) is 9.80 Å². The molecule has 2 aliphatic heterocycles. The average Bonchev–Trinajstić information content (AvgIpc) is 3.02. The lowest BCUT2D eigenvalue weighted by Crippen LogP contribution is -2.39. The lowest BCUT2D eigenvalue weighted by Gasteiger charge is -2.24. The van der Waals surface area contributed by atoms with Gasteiger partial charge in [-0.05, 0) is 44.3 Å². The largest absolute Gasteiger partial charge is 0.381 e. The Bertz CT molecular complexity index is 485. The lowest BCUT2D eigenvalue weighted by molar-refractivity contribution is -0.135. The van der Waals surface area contributed by atoms with Crippen molar-refractivity contribution < 1.29 is 9.53 Å². The Kier molecular flexibility index (Phi) is 6.06. The van der Waals surface area contributed by atoms with Crippen molar-refractivity contribution in [2.75, 3.05) is 45.9 Å². The zero-order valence-corrected chi connectivity index (χ0v) is 14.0. The van der Waals surface area contributed by atoms with Gasteiger partial charge in [0.15, 0.2) is 0 Å². The van der Waals surface area contributed by atoms with E-state index in [-0.39, 0.29) is 5.92 Å². The van der Waals surface area contributed by atoms with Crippen LogP contribution in [0.25, 0.3) is 0 Å². The summed E-state index contributed by atoms with van der Waals surface area (Å²) in [5.74, 6) is 0.424. The number of benzene rings is 1. The second-order valence-corrected chi connectivity index (χ2v) is 6.67. The first kappa shape index (κ1) is 16.5. The fourth-order valence-electron chi connectivity index (χ4n) is 3.55. The van der Waals surface area contributed by atoms with Gasteiger partial charge in [-0.25, -0.2) is 0 Å². The van der Waals surface area contributed by atoms with E-state index in [1.165, 1.54) is 12.0 Å². The van der Waals surface area contributed by atoms with Gasteiger partial charge in [0.05, 0.1) is 12.5 Å². The van der Waals surface area contributed by atoms with Crippen LogP contribution in [-0.2, 0) is 16.0 Å².